The van der Waals surface area contributed by atoms with Crippen molar-refractivity contribution in [3.8, 4) is 5.75 Å². The van der Waals surface area contributed by atoms with Gasteiger partial charge in [-0.3, -0.25) is 19.3 Å². The van der Waals surface area contributed by atoms with Crippen molar-refractivity contribution in [1.82, 2.24) is 4.90 Å². The van der Waals surface area contributed by atoms with E-state index in [2.05, 4.69) is 19.2 Å². The Hall–Kier alpha value is -3.55. The summed E-state index contributed by atoms with van der Waals surface area (Å²) in [7, 11) is 0. The van der Waals surface area contributed by atoms with Crippen molar-refractivity contribution >= 4 is 52.2 Å². The van der Waals surface area contributed by atoms with E-state index in [-0.39, 0.29) is 11.4 Å². The van der Waals surface area contributed by atoms with Crippen LogP contribution in [-0.2, 0) is 16.2 Å². The van der Waals surface area contributed by atoms with Crippen LogP contribution in [0.4, 0.5) is 10.5 Å². The predicted octanol–water partition coefficient (Wildman–Crippen LogP) is 6.72. The number of hydrogen-bond acceptors (Lipinski definition) is 5. The van der Waals surface area contributed by atoms with Crippen molar-refractivity contribution in [3.05, 3.63) is 99.4 Å². The average molecular weight is 521 g/mol. The molecule has 3 aromatic rings. The van der Waals surface area contributed by atoms with Crippen LogP contribution in [-0.4, -0.2) is 28.5 Å². The lowest BCUT2D eigenvalue weighted by molar-refractivity contribution is -0.127. The summed E-state index contributed by atoms with van der Waals surface area (Å²) in [6.45, 7) is 4.12. The van der Waals surface area contributed by atoms with Gasteiger partial charge in [-0.05, 0) is 65.2 Å². The second-order valence-electron chi connectivity index (χ2n) is 8.55. The van der Waals surface area contributed by atoms with E-state index in [0.29, 0.717) is 34.5 Å². The van der Waals surface area contributed by atoms with E-state index in [0.717, 1.165) is 27.8 Å². The number of rotatable bonds is 8. The van der Waals surface area contributed by atoms with Crippen LogP contribution in [0.5, 0.6) is 5.75 Å². The van der Waals surface area contributed by atoms with Crippen LogP contribution in [0.15, 0.2) is 77.7 Å². The number of nitrogens with zero attached hydrogens (tertiary/aromatic N) is 1. The van der Waals surface area contributed by atoms with Gasteiger partial charge in [-0.25, -0.2) is 0 Å². The average Bonchev–Trinajstić information content (AvgIpc) is 3.11. The summed E-state index contributed by atoms with van der Waals surface area (Å²) in [4.78, 5) is 39.0. The molecule has 1 heterocycles. The molecule has 0 aromatic heterocycles. The Morgan fingerprint density at radius 2 is 1.81 bits per heavy atom. The van der Waals surface area contributed by atoms with E-state index in [4.69, 9.17) is 16.3 Å². The lowest BCUT2D eigenvalue weighted by Gasteiger charge is -2.13. The highest BCUT2D eigenvalue weighted by Gasteiger charge is 2.36. The van der Waals surface area contributed by atoms with E-state index in [1.807, 2.05) is 48.5 Å². The summed E-state index contributed by atoms with van der Waals surface area (Å²) in [6, 6.07) is 22.1. The zero-order valence-corrected chi connectivity index (χ0v) is 21.4. The Balaban J connectivity index is 1.38. The van der Waals surface area contributed by atoms with E-state index in [9.17, 15) is 14.4 Å². The molecule has 3 amide bonds. The fourth-order valence-electron chi connectivity index (χ4n) is 3.55. The van der Waals surface area contributed by atoms with E-state index in [1.165, 1.54) is 0 Å². The Bertz CT molecular complexity index is 1320. The van der Waals surface area contributed by atoms with E-state index in [1.54, 1.807) is 30.3 Å². The van der Waals surface area contributed by atoms with Gasteiger partial charge in [-0.2, -0.15) is 0 Å². The van der Waals surface area contributed by atoms with Gasteiger partial charge in [0.15, 0.2) is 0 Å². The van der Waals surface area contributed by atoms with Crippen molar-refractivity contribution < 1.29 is 19.1 Å². The van der Waals surface area contributed by atoms with Crippen molar-refractivity contribution in [2.75, 3.05) is 11.9 Å². The van der Waals surface area contributed by atoms with Crippen molar-refractivity contribution in [2.45, 2.75) is 26.4 Å². The Labute approximate surface area is 219 Å². The topological polar surface area (TPSA) is 75.7 Å². The molecule has 0 unspecified atom stereocenters. The normalized spacial score (nSPS) is 14.6. The molecular weight excluding hydrogens is 496 g/mol. The fraction of sp³-hybridized carbons (Fsp3) is 0.179. The molecule has 36 heavy (non-hydrogen) atoms. The number of thioether (sulfide) groups is 1. The quantitative estimate of drug-likeness (QED) is 0.334. The highest BCUT2D eigenvalue weighted by atomic mass is 35.5. The second kappa shape index (κ2) is 11.5. The largest absolute Gasteiger partial charge is 0.489 e. The first-order chi connectivity index (χ1) is 17.3. The summed E-state index contributed by atoms with van der Waals surface area (Å²) in [5.41, 5.74) is 3.33. The van der Waals surface area contributed by atoms with Gasteiger partial charge in [0.2, 0.25) is 5.91 Å². The number of carbonyl (C=O) groups excluding carboxylic acids is 3. The third-order valence-corrected chi connectivity index (χ3v) is 6.82. The fourth-order valence-corrected chi connectivity index (χ4v) is 4.58. The van der Waals surface area contributed by atoms with Crippen molar-refractivity contribution in [3.63, 3.8) is 0 Å². The maximum Gasteiger partial charge on any atom is 0.294 e. The number of imide groups is 1. The Kier molecular flexibility index (Phi) is 8.13. The summed E-state index contributed by atoms with van der Waals surface area (Å²) < 4.78 is 5.84. The summed E-state index contributed by atoms with van der Waals surface area (Å²) in [5.74, 6) is 0.0423. The molecule has 1 saturated heterocycles. The molecule has 0 saturated carbocycles. The van der Waals surface area contributed by atoms with Crippen molar-refractivity contribution in [1.29, 1.82) is 0 Å². The molecule has 6 nitrogen and oxygen atoms in total. The highest BCUT2D eigenvalue weighted by molar-refractivity contribution is 8.18. The number of ether oxygens (including phenoxy) is 1. The van der Waals surface area contributed by atoms with E-state index >= 15 is 0 Å². The first kappa shape index (κ1) is 25.5. The van der Waals surface area contributed by atoms with Gasteiger partial charge in [0, 0.05) is 16.3 Å². The summed E-state index contributed by atoms with van der Waals surface area (Å²) in [5, 5.41) is 2.88. The maximum absolute atomic E-state index is 12.9. The molecular formula is C28H25ClN2O4S. The predicted molar refractivity (Wildman–Crippen MR) is 144 cm³/mol. The van der Waals surface area contributed by atoms with Crippen LogP contribution in [0.2, 0.25) is 5.02 Å². The highest BCUT2D eigenvalue weighted by Crippen LogP contribution is 2.32. The number of halogens is 1. The van der Waals surface area contributed by atoms with Crippen LogP contribution in [0.25, 0.3) is 6.08 Å². The zero-order valence-electron chi connectivity index (χ0n) is 19.9. The third kappa shape index (κ3) is 6.36. The number of amides is 3. The molecule has 1 aliphatic heterocycles. The van der Waals surface area contributed by atoms with Gasteiger partial charge in [-0.15, -0.1) is 0 Å². The second-order valence-corrected chi connectivity index (χ2v) is 9.95. The molecule has 3 aromatic carbocycles. The van der Waals surface area contributed by atoms with Gasteiger partial charge in [0.25, 0.3) is 11.1 Å². The smallest absolute Gasteiger partial charge is 0.294 e. The number of anilines is 1. The van der Waals surface area contributed by atoms with Crippen molar-refractivity contribution in [2.24, 2.45) is 0 Å². The van der Waals surface area contributed by atoms with Gasteiger partial charge in [0.1, 0.15) is 18.9 Å². The minimum Gasteiger partial charge on any atom is -0.489 e. The van der Waals surface area contributed by atoms with E-state index < -0.39 is 17.1 Å². The van der Waals surface area contributed by atoms with Gasteiger partial charge >= 0.3 is 0 Å². The SMILES string of the molecule is CC(C)c1ccc(NC(=O)CN2C(=O)S/C(=C/c3cccc(OCc4ccccc4Cl)c3)C2=O)cc1. The molecule has 1 fully saturated rings. The van der Waals surface area contributed by atoms with Crippen LogP contribution < -0.4 is 10.1 Å². The number of carbonyl (C=O) groups is 3. The molecule has 0 radical (unpaired) electrons. The van der Waals surface area contributed by atoms with Gasteiger partial charge in [-0.1, -0.05) is 67.9 Å². The molecule has 4 rings (SSSR count). The number of hydrogen-bond donors (Lipinski definition) is 1. The maximum atomic E-state index is 12.9. The third-order valence-electron chi connectivity index (χ3n) is 5.54. The number of benzene rings is 3. The first-order valence-electron chi connectivity index (χ1n) is 11.4. The minimum atomic E-state index is -0.502. The monoisotopic (exact) mass is 520 g/mol. The molecule has 0 spiro atoms. The van der Waals surface area contributed by atoms with Gasteiger partial charge < -0.3 is 10.1 Å². The van der Waals surface area contributed by atoms with Crippen LogP contribution in [0.1, 0.15) is 36.5 Å². The molecule has 1 N–H and O–H groups in total. The Morgan fingerprint density at radius 3 is 2.53 bits per heavy atom. The molecule has 1 aliphatic rings. The minimum absolute atomic E-state index is 0.248. The summed E-state index contributed by atoms with van der Waals surface area (Å²) in [6.07, 6.45) is 1.62. The Morgan fingerprint density at radius 1 is 1.06 bits per heavy atom. The van der Waals surface area contributed by atoms with Crippen LogP contribution in [0, 0.1) is 0 Å². The lowest BCUT2D eigenvalue weighted by atomic mass is 10.0. The number of nitrogens with one attached hydrogen (secondary N) is 1. The first-order valence-corrected chi connectivity index (χ1v) is 12.6. The molecule has 184 valence electrons. The zero-order chi connectivity index (χ0) is 25.7. The standard InChI is InChI=1S/C28H25ClN2O4S/c1-18(2)20-10-12-22(13-11-20)30-26(32)16-31-27(33)25(36-28(31)34)15-19-6-5-8-23(14-19)35-17-21-7-3-4-9-24(21)29/h3-15,18H,16-17H2,1-2H3,(H,30,32)/b25-15+. The molecule has 0 aliphatic carbocycles. The molecule has 8 heteroatoms. The lowest BCUT2D eigenvalue weighted by Crippen LogP contribution is -2.36. The van der Waals surface area contributed by atoms with Crippen LogP contribution >= 0.6 is 23.4 Å². The molecule has 0 bridgehead atoms. The van der Waals surface area contributed by atoms with Gasteiger partial charge in [0.05, 0.1) is 4.91 Å². The summed E-state index contributed by atoms with van der Waals surface area (Å²) >= 11 is 6.99. The van der Waals surface area contributed by atoms with Crippen LogP contribution in [0.3, 0.4) is 0 Å². The molecule has 0 atom stereocenters.